The third-order valence-electron chi connectivity index (χ3n) is 1.95. The summed E-state index contributed by atoms with van der Waals surface area (Å²) >= 11 is 5.68. The van der Waals surface area contributed by atoms with E-state index in [1.54, 1.807) is 12.1 Å². The van der Waals surface area contributed by atoms with Crippen LogP contribution in [0.25, 0.3) is 0 Å². The van der Waals surface area contributed by atoms with Crippen molar-refractivity contribution < 1.29 is 17.5 Å². The van der Waals surface area contributed by atoms with Gasteiger partial charge in [0.2, 0.25) is 0 Å². The van der Waals surface area contributed by atoms with E-state index in [2.05, 4.69) is 0 Å². The van der Waals surface area contributed by atoms with Crippen molar-refractivity contribution in [3.63, 3.8) is 0 Å². The van der Waals surface area contributed by atoms with Crippen molar-refractivity contribution in [2.45, 2.75) is 11.5 Å². The first-order valence-corrected chi connectivity index (χ1v) is 8.04. The highest BCUT2D eigenvalue weighted by Crippen LogP contribution is 2.50. The minimum absolute atomic E-state index is 0.259. The minimum Gasteiger partial charge on any atom is -0.436 e. The summed E-state index contributed by atoms with van der Waals surface area (Å²) in [7, 11) is -4.58. The molecule has 0 aromatic heterocycles. The van der Waals surface area contributed by atoms with Gasteiger partial charge in [0.1, 0.15) is 5.75 Å². The average molecular weight is 267 g/mol. The molecule has 1 atom stereocenters. The molecule has 0 saturated heterocycles. The Labute approximate surface area is 93.8 Å². The van der Waals surface area contributed by atoms with Crippen LogP contribution < -0.4 is 4.52 Å². The van der Waals surface area contributed by atoms with E-state index < -0.39 is 17.6 Å². The van der Waals surface area contributed by atoms with Crippen LogP contribution in [-0.2, 0) is 21.0 Å². The fourth-order valence-corrected chi connectivity index (χ4v) is 2.88. The molecule has 0 amide bonds. The van der Waals surface area contributed by atoms with Crippen LogP contribution in [-0.4, -0.2) is 14.7 Å². The number of sulfone groups is 1. The van der Waals surface area contributed by atoms with Crippen molar-refractivity contribution in [2.24, 2.45) is 0 Å². The molecule has 0 fully saturated rings. The summed E-state index contributed by atoms with van der Waals surface area (Å²) in [5.41, 5.74) is 0.706. The molecule has 4 nitrogen and oxygen atoms in total. The lowest BCUT2D eigenvalue weighted by Crippen LogP contribution is -2.04. The maximum absolute atomic E-state index is 11.3. The molecule has 1 aliphatic rings. The van der Waals surface area contributed by atoms with Crippen LogP contribution in [0.4, 0.5) is 0 Å². The van der Waals surface area contributed by atoms with Crippen LogP contribution in [0.5, 0.6) is 5.75 Å². The van der Waals surface area contributed by atoms with Crippen LogP contribution in [0, 0.1) is 0 Å². The zero-order valence-electron chi connectivity index (χ0n) is 7.81. The smallest absolute Gasteiger partial charge is 0.338 e. The Hall–Kier alpha value is -0.350. The molecule has 1 aromatic rings. The molecule has 1 aromatic carbocycles. The second-order valence-corrected chi connectivity index (χ2v) is 6.83. The maximum atomic E-state index is 11.3. The van der Waals surface area contributed by atoms with Gasteiger partial charge in [-0.2, -0.15) is 0 Å². The van der Waals surface area contributed by atoms with E-state index in [-0.39, 0.29) is 11.5 Å². The SMILES string of the molecule is CS(=O)(=O)c1ccc2c(c1)COP(Cl)O2. The van der Waals surface area contributed by atoms with Gasteiger partial charge in [0.05, 0.1) is 11.5 Å². The molecule has 82 valence electrons. The molecule has 0 saturated carbocycles. The third-order valence-corrected chi connectivity index (χ3v) is 4.23. The lowest BCUT2D eigenvalue weighted by atomic mass is 10.2. The van der Waals surface area contributed by atoms with Gasteiger partial charge in [0.15, 0.2) is 9.84 Å². The van der Waals surface area contributed by atoms with Gasteiger partial charge in [-0.3, -0.25) is 0 Å². The number of halogens is 1. The number of fused-ring (bicyclic) bond motifs is 1. The van der Waals surface area contributed by atoms with Gasteiger partial charge in [-0.1, -0.05) is 0 Å². The van der Waals surface area contributed by atoms with E-state index in [1.165, 1.54) is 6.07 Å². The topological polar surface area (TPSA) is 52.6 Å². The molecule has 1 heterocycles. The molecule has 1 unspecified atom stereocenters. The van der Waals surface area contributed by atoms with E-state index in [0.29, 0.717) is 11.3 Å². The normalized spacial score (nSPS) is 20.5. The summed E-state index contributed by atoms with van der Waals surface area (Å²) in [6.07, 6.45) is 1.16. The first-order valence-electron chi connectivity index (χ1n) is 4.06. The van der Waals surface area contributed by atoms with Gasteiger partial charge in [-0.25, -0.2) is 8.42 Å². The molecular formula is C8H8ClO4PS. The van der Waals surface area contributed by atoms with E-state index in [0.717, 1.165) is 6.26 Å². The van der Waals surface area contributed by atoms with Crippen LogP contribution in [0.1, 0.15) is 5.56 Å². The molecular weight excluding hydrogens is 259 g/mol. The maximum Gasteiger partial charge on any atom is 0.338 e. The molecule has 2 rings (SSSR count). The van der Waals surface area contributed by atoms with Crippen molar-refractivity contribution >= 4 is 28.8 Å². The first-order chi connectivity index (χ1) is 6.97. The summed E-state index contributed by atoms with van der Waals surface area (Å²) in [5, 5.41) is 0. The third kappa shape index (κ3) is 2.42. The highest BCUT2D eigenvalue weighted by Gasteiger charge is 2.21. The van der Waals surface area contributed by atoms with Crippen molar-refractivity contribution in [3.8, 4) is 5.75 Å². The number of hydrogen-bond donors (Lipinski definition) is 0. The van der Waals surface area contributed by atoms with Gasteiger partial charge in [-0.15, -0.1) is 0 Å². The van der Waals surface area contributed by atoms with Crippen LogP contribution in [0.2, 0.25) is 0 Å². The summed E-state index contributed by atoms with van der Waals surface area (Å²) in [5.74, 6) is 0.592. The highest BCUT2D eigenvalue weighted by atomic mass is 35.7. The van der Waals surface area contributed by atoms with Gasteiger partial charge in [0, 0.05) is 11.8 Å². The first kappa shape index (κ1) is 11.1. The fraction of sp³-hybridized carbons (Fsp3) is 0.250. The van der Waals surface area contributed by atoms with Gasteiger partial charge >= 0.3 is 7.73 Å². The Morgan fingerprint density at radius 2 is 2.20 bits per heavy atom. The Bertz CT molecular complexity index is 487. The van der Waals surface area contributed by atoms with Gasteiger partial charge in [0.25, 0.3) is 0 Å². The molecule has 1 aliphatic heterocycles. The predicted molar refractivity (Wildman–Crippen MR) is 57.7 cm³/mol. The summed E-state index contributed by atoms with van der Waals surface area (Å²) in [6.45, 7) is 0.286. The minimum atomic E-state index is -3.19. The molecule has 15 heavy (non-hydrogen) atoms. The lowest BCUT2D eigenvalue weighted by molar-refractivity contribution is 0.287. The Balaban J connectivity index is 2.44. The molecule has 0 spiro atoms. The van der Waals surface area contributed by atoms with E-state index >= 15 is 0 Å². The number of rotatable bonds is 1. The Morgan fingerprint density at radius 1 is 1.47 bits per heavy atom. The average Bonchev–Trinajstić information content (AvgIpc) is 2.15. The van der Waals surface area contributed by atoms with Gasteiger partial charge < -0.3 is 9.05 Å². The molecule has 0 N–H and O–H groups in total. The largest absolute Gasteiger partial charge is 0.436 e. The standard InChI is InChI=1S/C8H8ClO4PS/c1-15(10,11)7-2-3-8-6(4-7)5-12-14(9)13-8/h2-4H,5H2,1H3. The second-order valence-electron chi connectivity index (χ2n) is 3.12. The van der Waals surface area contributed by atoms with Crippen molar-refractivity contribution in [2.75, 3.05) is 6.26 Å². The number of hydrogen-bond acceptors (Lipinski definition) is 4. The predicted octanol–water partition coefficient (Wildman–Crippen LogP) is 2.46. The summed E-state index contributed by atoms with van der Waals surface area (Å²) in [6, 6.07) is 4.65. The van der Waals surface area contributed by atoms with Crippen LogP contribution in [0.3, 0.4) is 0 Å². The van der Waals surface area contributed by atoms with Crippen molar-refractivity contribution in [1.29, 1.82) is 0 Å². The zero-order valence-corrected chi connectivity index (χ0v) is 10.3. The van der Waals surface area contributed by atoms with Crippen molar-refractivity contribution in [1.82, 2.24) is 0 Å². The van der Waals surface area contributed by atoms with E-state index in [9.17, 15) is 8.42 Å². The molecule has 7 heteroatoms. The summed E-state index contributed by atoms with van der Waals surface area (Å²) < 4.78 is 32.9. The Kier molecular flexibility index (Phi) is 2.90. The quantitative estimate of drug-likeness (QED) is 0.733. The van der Waals surface area contributed by atoms with Crippen molar-refractivity contribution in [3.05, 3.63) is 23.8 Å². The summed E-state index contributed by atoms with van der Waals surface area (Å²) in [4.78, 5) is 0.259. The second kappa shape index (κ2) is 3.91. The zero-order chi connectivity index (χ0) is 11.1. The number of benzene rings is 1. The van der Waals surface area contributed by atoms with Gasteiger partial charge in [-0.05, 0) is 29.4 Å². The van der Waals surface area contributed by atoms with E-state index in [4.69, 9.17) is 20.3 Å². The molecule has 0 radical (unpaired) electrons. The van der Waals surface area contributed by atoms with Crippen LogP contribution >= 0.6 is 19.0 Å². The van der Waals surface area contributed by atoms with E-state index in [1.807, 2.05) is 0 Å². The fourth-order valence-electron chi connectivity index (χ4n) is 1.21. The highest BCUT2D eigenvalue weighted by molar-refractivity contribution is 7.90. The van der Waals surface area contributed by atoms with Crippen LogP contribution in [0.15, 0.2) is 23.1 Å². The monoisotopic (exact) mass is 266 g/mol. The lowest BCUT2D eigenvalue weighted by Gasteiger charge is -2.20. The molecule has 0 aliphatic carbocycles. The Morgan fingerprint density at radius 3 is 2.87 bits per heavy atom. The molecule has 0 bridgehead atoms.